The summed E-state index contributed by atoms with van der Waals surface area (Å²) in [6, 6.07) is 24.5. The van der Waals surface area contributed by atoms with Crippen LogP contribution in [0.2, 0.25) is 0 Å². The molecule has 160 valence electrons. The summed E-state index contributed by atoms with van der Waals surface area (Å²) < 4.78 is 5.25. The van der Waals surface area contributed by atoms with Gasteiger partial charge in [0, 0.05) is 11.8 Å². The summed E-state index contributed by atoms with van der Waals surface area (Å²) in [6.45, 7) is 0. The van der Waals surface area contributed by atoms with Crippen molar-refractivity contribution in [1.29, 1.82) is 0 Å². The highest BCUT2D eigenvalue weighted by atomic mass is 16.5. The summed E-state index contributed by atoms with van der Waals surface area (Å²) in [7, 11) is 1.63. The number of phenols is 1. The monoisotopic (exact) mass is 416 g/mol. The number of carbonyl (C=O) groups is 1. The Hall–Kier alpha value is -3.11. The maximum absolute atomic E-state index is 13.5. The standard InChI is InChI=1S/C27H28O4/c1-31-22-13-9-19(10-14-22)25-17-24(18-7-11-21(28)12-8-18)23(27(25)30)15-16-26(29)20-5-3-2-4-6-20/h2-14,23-26,28-29H,15-17H2,1H3/t23?,24?,25?,26-/m0/s1. The second kappa shape index (κ2) is 9.36. The quantitative estimate of drug-likeness (QED) is 0.543. The van der Waals surface area contributed by atoms with Gasteiger partial charge in [-0.15, -0.1) is 0 Å². The van der Waals surface area contributed by atoms with Crippen molar-refractivity contribution in [3.05, 3.63) is 95.6 Å². The average molecular weight is 417 g/mol. The number of Topliss-reactive ketones (excluding diaryl/α,β-unsaturated/α-hetero) is 1. The van der Waals surface area contributed by atoms with E-state index in [0.29, 0.717) is 12.8 Å². The summed E-state index contributed by atoms with van der Waals surface area (Å²) in [5, 5.41) is 20.3. The molecule has 0 amide bonds. The molecule has 0 heterocycles. The van der Waals surface area contributed by atoms with Crippen LogP contribution in [0, 0.1) is 5.92 Å². The number of phenolic OH excluding ortho intramolecular Hbond substituents is 1. The number of hydrogen-bond donors (Lipinski definition) is 2. The average Bonchev–Trinajstić information content (AvgIpc) is 3.14. The molecule has 4 rings (SSSR count). The van der Waals surface area contributed by atoms with Crippen molar-refractivity contribution >= 4 is 5.78 Å². The zero-order valence-electron chi connectivity index (χ0n) is 17.6. The Kier molecular flexibility index (Phi) is 6.38. The van der Waals surface area contributed by atoms with Gasteiger partial charge in [0.1, 0.15) is 17.3 Å². The van der Waals surface area contributed by atoms with Gasteiger partial charge in [-0.2, -0.15) is 0 Å². The Morgan fingerprint density at radius 2 is 1.58 bits per heavy atom. The second-order valence-corrected chi connectivity index (χ2v) is 8.27. The Morgan fingerprint density at radius 1 is 0.935 bits per heavy atom. The van der Waals surface area contributed by atoms with Gasteiger partial charge in [0.05, 0.1) is 13.2 Å². The first-order valence-electron chi connectivity index (χ1n) is 10.8. The van der Waals surface area contributed by atoms with Gasteiger partial charge >= 0.3 is 0 Å². The zero-order chi connectivity index (χ0) is 21.8. The normalized spacial score (nSPS) is 21.7. The fourth-order valence-electron chi connectivity index (χ4n) is 4.74. The number of aliphatic hydroxyl groups is 1. The molecule has 0 saturated heterocycles. The molecule has 31 heavy (non-hydrogen) atoms. The van der Waals surface area contributed by atoms with Crippen molar-refractivity contribution in [2.75, 3.05) is 7.11 Å². The molecular weight excluding hydrogens is 388 g/mol. The van der Waals surface area contributed by atoms with E-state index in [0.717, 1.165) is 28.9 Å². The van der Waals surface area contributed by atoms with Crippen molar-refractivity contribution in [2.45, 2.75) is 37.2 Å². The van der Waals surface area contributed by atoms with Gasteiger partial charge < -0.3 is 14.9 Å². The molecule has 0 aromatic heterocycles. The minimum atomic E-state index is -0.588. The third-order valence-corrected chi connectivity index (χ3v) is 6.46. The van der Waals surface area contributed by atoms with Crippen LogP contribution in [0.25, 0.3) is 0 Å². The molecule has 1 aliphatic rings. The highest BCUT2D eigenvalue weighted by Crippen LogP contribution is 2.48. The van der Waals surface area contributed by atoms with Crippen LogP contribution >= 0.6 is 0 Å². The lowest BCUT2D eigenvalue weighted by Crippen LogP contribution is -2.17. The molecule has 0 bridgehead atoms. The van der Waals surface area contributed by atoms with Gasteiger partial charge in [0.15, 0.2) is 0 Å². The molecule has 2 N–H and O–H groups in total. The lowest BCUT2D eigenvalue weighted by Gasteiger charge is -2.20. The molecule has 3 aromatic rings. The fourth-order valence-corrected chi connectivity index (χ4v) is 4.74. The first-order valence-corrected chi connectivity index (χ1v) is 10.8. The van der Waals surface area contributed by atoms with Crippen LogP contribution in [-0.4, -0.2) is 23.1 Å². The zero-order valence-corrected chi connectivity index (χ0v) is 17.6. The van der Waals surface area contributed by atoms with Crippen molar-refractivity contribution in [3.8, 4) is 11.5 Å². The van der Waals surface area contributed by atoms with E-state index in [4.69, 9.17) is 4.74 Å². The molecule has 3 aromatic carbocycles. The van der Waals surface area contributed by atoms with E-state index < -0.39 is 6.10 Å². The molecule has 1 saturated carbocycles. The first kappa shape index (κ1) is 21.1. The van der Waals surface area contributed by atoms with Crippen LogP contribution in [0.5, 0.6) is 11.5 Å². The van der Waals surface area contributed by atoms with Gasteiger partial charge in [0.2, 0.25) is 0 Å². The van der Waals surface area contributed by atoms with Crippen LogP contribution in [-0.2, 0) is 4.79 Å². The number of rotatable bonds is 7. The third kappa shape index (κ3) is 4.64. The molecule has 0 spiro atoms. The predicted molar refractivity (Wildman–Crippen MR) is 120 cm³/mol. The highest BCUT2D eigenvalue weighted by Gasteiger charge is 2.43. The Morgan fingerprint density at radius 3 is 2.23 bits per heavy atom. The summed E-state index contributed by atoms with van der Waals surface area (Å²) in [6.07, 6.45) is 1.29. The van der Waals surface area contributed by atoms with Crippen LogP contribution in [0.3, 0.4) is 0 Å². The summed E-state index contributed by atoms with van der Waals surface area (Å²) >= 11 is 0. The third-order valence-electron chi connectivity index (χ3n) is 6.46. The highest BCUT2D eigenvalue weighted by molar-refractivity contribution is 5.91. The number of aromatic hydroxyl groups is 1. The Labute approximate surface area is 183 Å². The van der Waals surface area contributed by atoms with E-state index in [-0.39, 0.29) is 29.3 Å². The minimum absolute atomic E-state index is 0.0585. The lowest BCUT2D eigenvalue weighted by atomic mass is 9.84. The van der Waals surface area contributed by atoms with Crippen LogP contribution in [0.1, 0.15) is 53.9 Å². The van der Waals surface area contributed by atoms with Crippen molar-refractivity contribution in [2.24, 2.45) is 5.92 Å². The molecule has 0 aliphatic heterocycles. The Bertz CT molecular complexity index is 996. The van der Waals surface area contributed by atoms with Gasteiger partial charge in [-0.1, -0.05) is 54.6 Å². The first-order chi connectivity index (χ1) is 15.1. The van der Waals surface area contributed by atoms with Crippen LogP contribution < -0.4 is 4.74 Å². The second-order valence-electron chi connectivity index (χ2n) is 8.27. The molecule has 3 unspecified atom stereocenters. The molecule has 0 radical (unpaired) electrons. The van der Waals surface area contributed by atoms with E-state index in [2.05, 4.69) is 0 Å². The van der Waals surface area contributed by atoms with Gasteiger partial charge in [-0.25, -0.2) is 0 Å². The predicted octanol–water partition coefficient (Wildman–Crippen LogP) is 5.37. The molecule has 1 aliphatic carbocycles. The fraction of sp³-hybridized carbons (Fsp3) is 0.296. The topological polar surface area (TPSA) is 66.8 Å². The minimum Gasteiger partial charge on any atom is -0.508 e. The molecule has 1 fully saturated rings. The summed E-state index contributed by atoms with van der Waals surface area (Å²) in [4.78, 5) is 13.5. The largest absolute Gasteiger partial charge is 0.508 e. The number of carbonyl (C=O) groups excluding carboxylic acids is 1. The van der Waals surface area contributed by atoms with E-state index in [9.17, 15) is 15.0 Å². The number of hydrogen-bond acceptors (Lipinski definition) is 4. The number of ketones is 1. The van der Waals surface area contributed by atoms with Gasteiger partial charge in [0.25, 0.3) is 0 Å². The summed E-state index contributed by atoms with van der Waals surface area (Å²) in [5.74, 6) is 0.924. The molecule has 4 nitrogen and oxygen atoms in total. The van der Waals surface area contributed by atoms with Crippen LogP contribution in [0.15, 0.2) is 78.9 Å². The molecule has 4 heteroatoms. The van der Waals surface area contributed by atoms with Crippen LogP contribution in [0.4, 0.5) is 0 Å². The van der Waals surface area contributed by atoms with Gasteiger partial charge in [-0.3, -0.25) is 4.79 Å². The Balaban J connectivity index is 1.57. The number of methoxy groups -OCH3 is 1. The van der Waals surface area contributed by atoms with Gasteiger partial charge in [-0.05, 0) is 66.1 Å². The van der Waals surface area contributed by atoms with Crippen molar-refractivity contribution in [3.63, 3.8) is 0 Å². The van der Waals surface area contributed by atoms with E-state index in [1.807, 2.05) is 66.7 Å². The van der Waals surface area contributed by atoms with Crippen molar-refractivity contribution in [1.82, 2.24) is 0 Å². The van der Waals surface area contributed by atoms with E-state index in [1.165, 1.54) is 0 Å². The maximum atomic E-state index is 13.5. The van der Waals surface area contributed by atoms with Crippen molar-refractivity contribution < 1.29 is 19.7 Å². The number of aliphatic hydroxyl groups excluding tert-OH is 1. The lowest BCUT2D eigenvalue weighted by molar-refractivity contribution is -0.122. The smallest absolute Gasteiger partial charge is 0.144 e. The molecular formula is C27H28O4. The maximum Gasteiger partial charge on any atom is 0.144 e. The number of benzene rings is 3. The molecule has 4 atom stereocenters. The number of ether oxygens (including phenoxy) is 1. The SMILES string of the molecule is COc1ccc(C2CC(c3ccc(O)cc3)C(CC[C@H](O)c3ccccc3)C2=O)cc1. The summed E-state index contributed by atoms with van der Waals surface area (Å²) in [5.41, 5.74) is 2.93. The van der Waals surface area contributed by atoms with E-state index in [1.54, 1.807) is 19.2 Å². The van der Waals surface area contributed by atoms with E-state index >= 15 is 0 Å².